The summed E-state index contributed by atoms with van der Waals surface area (Å²) in [6.07, 6.45) is 3.47. The Labute approximate surface area is 73.1 Å². The van der Waals surface area contributed by atoms with Crippen LogP contribution in [0.25, 0.3) is 0 Å². The molecule has 0 aliphatic carbocycles. The lowest BCUT2D eigenvalue weighted by Crippen LogP contribution is -2.15. The minimum atomic E-state index is -0.411. The van der Waals surface area contributed by atoms with E-state index in [2.05, 4.69) is 9.73 Å². The number of carbonyl (C=O) groups is 1. The van der Waals surface area contributed by atoms with E-state index in [1.165, 1.54) is 7.11 Å². The van der Waals surface area contributed by atoms with Crippen molar-refractivity contribution in [1.29, 1.82) is 0 Å². The first-order valence-corrected chi connectivity index (χ1v) is 3.82. The van der Waals surface area contributed by atoms with Gasteiger partial charge in [0, 0.05) is 6.21 Å². The Morgan fingerprint density at radius 1 is 1.50 bits per heavy atom. The van der Waals surface area contributed by atoms with Crippen LogP contribution >= 0.6 is 0 Å². The second kappa shape index (κ2) is 5.52. The van der Waals surface area contributed by atoms with Crippen molar-refractivity contribution >= 4 is 12.2 Å². The van der Waals surface area contributed by atoms with Crippen molar-refractivity contribution in [2.24, 2.45) is 4.99 Å². The van der Waals surface area contributed by atoms with Crippen molar-refractivity contribution in [2.45, 2.75) is 26.8 Å². The molecule has 0 radical (unpaired) electrons. The van der Waals surface area contributed by atoms with Gasteiger partial charge in [-0.05, 0) is 26.8 Å². The molecular formula is C9H15NO2. The molecule has 0 aliphatic heterocycles. The SMILES string of the molecule is COC(=O)C(C)/N=C/C=C(C)C. The van der Waals surface area contributed by atoms with Crippen LogP contribution in [-0.2, 0) is 9.53 Å². The van der Waals surface area contributed by atoms with Gasteiger partial charge in [-0.2, -0.15) is 0 Å². The van der Waals surface area contributed by atoms with Gasteiger partial charge >= 0.3 is 5.97 Å². The van der Waals surface area contributed by atoms with Gasteiger partial charge in [0.15, 0.2) is 0 Å². The Morgan fingerprint density at radius 3 is 2.50 bits per heavy atom. The third-order valence-electron chi connectivity index (χ3n) is 1.26. The van der Waals surface area contributed by atoms with Crippen LogP contribution in [0.15, 0.2) is 16.6 Å². The number of methoxy groups -OCH3 is 1. The largest absolute Gasteiger partial charge is 0.467 e. The average molecular weight is 169 g/mol. The van der Waals surface area contributed by atoms with Crippen molar-refractivity contribution in [2.75, 3.05) is 7.11 Å². The first kappa shape index (κ1) is 10.9. The van der Waals surface area contributed by atoms with E-state index in [1.54, 1.807) is 13.1 Å². The molecule has 0 heterocycles. The number of hydrogen-bond acceptors (Lipinski definition) is 3. The van der Waals surface area contributed by atoms with E-state index in [-0.39, 0.29) is 5.97 Å². The molecule has 0 aromatic carbocycles. The van der Waals surface area contributed by atoms with E-state index in [9.17, 15) is 4.79 Å². The van der Waals surface area contributed by atoms with Crippen molar-refractivity contribution in [1.82, 2.24) is 0 Å². The smallest absolute Gasteiger partial charge is 0.330 e. The number of aliphatic imine (C=N–C) groups is 1. The molecule has 0 fully saturated rings. The highest BCUT2D eigenvalue weighted by Gasteiger charge is 2.08. The van der Waals surface area contributed by atoms with Gasteiger partial charge in [0.2, 0.25) is 0 Å². The minimum absolute atomic E-state index is 0.312. The summed E-state index contributed by atoms with van der Waals surface area (Å²) in [5.41, 5.74) is 1.15. The van der Waals surface area contributed by atoms with Crippen molar-refractivity contribution in [3.05, 3.63) is 11.6 Å². The third-order valence-corrected chi connectivity index (χ3v) is 1.26. The lowest BCUT2D eigenvalue weighted by Gasteiger charge is -2.01. The van der Waals surface area contributed by atoms with Crippen LogP contribution in [0.5, 0.6) is 0 Å². The molecule has 0 aromatic rings. The van der Waals surface area contributed by atoms with Crippen LogP contribution in [0.3, 0.4) is 0 Å². The lowest BCUT2D eigenvalue weighted by molar-refractivity contribution is -0.141. The predicted molar refractivity (Wildman–Crippen MR) is 49.4 cm³/mol. The molecule has 0 spiro atoms. The van der Waals surface area contributed by atoms with Gasteiger partial charge in [-0.1, -0.05) is 5.57 Å². The summed E-state index contributed by atoms with van der Waals surface area (Å²) >= 11 is 0. The van der Waals surface area contributed by atoms with Crippen LogP contribution < -0.4 is 0 Å². The van der Waals surface area contributed by atoms with Crippen molar-refractivity contribution < 1.29 is 9.53 Å². The maximum atomic E-state index is 10.8. The lowest BCUT2D eigenvalue weighted by atomic mass is 10.3. The van der Waals surface area contributed by atoms with Crippen LogP contribution in [0, 0.1) is 0 Å². The zero-order valence-corrected chi connectivity index (χ0v) is 8.00. The molecule has 0 saturated carbocycles. The van der Waals surface area contributed by atoms with E-state index in [0.717, 1.165) is 5.57 Å². The highest BCUT2D eigenvalue weighted by molar-refractivity contribution is 5.80. The molecule has 0 rings (SSSR count). The second-order valence-electron chi connectivity index (χ2n) is 2.74. The fourth-order valence-corrected chi connectivity index (χ4v) is 0.553. The quantitative estimate of drug-likeness (QED) is 0.475. The van der Waals surface area contributed by atoms with Crippen LogP contribution in [0.1, 0.15) is 20.8 Å². The van der Waals surface area contributed by atoms with Crippen LogP contribution in [0.4, 0.5) is 0 Å². The molecule has 0 bridgehead atoms. The molecule has 0 aromatic heterocycles. The molecular weight excluding hydrogens is 154 g/mol. The number of rotatable bonds is 3. The molecule has 3 heteroatoms. The molecule has 1 unspecified atom stereocenters. The Hall–Kier alpha value is -1.12. The number of esters is 1. The molecule has 0 amide bonds. The zero-order valence-electron chi connectivity index (χ0n) is 8.00. The summed E-state index contributed by atoms with van der Waals surface area (Å²) in [7, 11) is 1.36. The van der Waals surface area contributed by atoms with Crippen molar-refractivity contribution in [3.8, 4) is 0 Å². The average Bonchev–Trinajstić information content (AvgIpc) is 2.02. The highest BCUT2D eigenvalue weighted by atomic mass is 16.5. The number of ether oxygens (including phenoxy) is 1. The van der Waals surface area contributed by atoms with E-state index >= 15 is 0 Å². The highest BCUT2D eigenvalue weighted by Crippen LogP contribution is 1.92. The first-order chi connectivity index (χ1) is 5.57. The molecule has 0 saturated heterocycles. The standard InChI is InChI=1S/C9H15NO2/c1-7(2)5-6-10-8(3)9(11)12-4/h5-6,8H,1-4H3/b10-6+. The maximum Gasteiger partial charge on any atom is 0.330 e. The normalized spacial score (nSPS) is 12.7. The number of nitrogens with zero attached hydrogens (tertiary/aromatic N) is 1. The summed E-state index contributed by atoms with van der Waals surface area (Å²) in [6.45, 7) is 5.63. The number of hydrogen-bond donors (Lipinski definition) is 0. The topological polar surface area (TPSA) is 38.7 Å². The van der Waals surface area contributed by atoms with Gasteiger partial charge in [0.1, 0.15) is 6.04 Å². The maximum absolute atomic E-state index is 10.8. The third kappa shape index (κ3) is 4.66. The van der Waals surface area contributed by atoms with Gasteiger partial charge in [-0.25, -0.2) is 4.79 Å². The van der Waals surface area contributed by atoms with E-state index in [1.807, 2.05) is 19.9 Å². The Morgan fingerprint density at radius 2 is 2.08 bits per heavy atom. The summed E-state index contributed by atoms with van der Waals surface area (Å²) < 4.78 is 4.50. The summed E-state index contributed by atoms with van der Waals surface area (Å²) in [4.78, 5) is 14.8. The van der Waals surface area contributed by atoms with Gasteiger partial charge in [0.05, 0.1) is 7.11 Å². The summed E-state index contributed by atoms with van der Waals surface area (Å²) in [6, 6.07) is -0.411. The fraction of sp³-hybridized carbons (Fsp3) is 0.556. The molecule has 12 heavy (non-hydrogen) atoms. The predicted octanol–water partition coefficient (Wildman–Crippen LogP) is 1.58. The molecule has 68 valence electrons. The first-order valence-electron chi connectivity index (χ1n) is 3.82. The molecule has 0 aliphatic rings. The Balaban J connectivity index is 4.00. The van der Waals surface area contributed by atoms with Gasteiger partial charge in [-0.15, -0.1) is 0 Å². The number of allylic oxidation sites excluding steroid dienone is 2. The zero-order chi connectivity index (χ0) is 9.56. The molecule has 0 N–H and O–H groups in total. The van der Waals surface area contributed by atoms with E-state index in [4.69, 9.17) is 0 Å². The Kier molecular flexibility index (Phi) is 5.00. The van der Waals surface area contributed by atoms with Crippen LogP contribution in [-0.4, -0.2) is 25.3 Å². The molecule has 3 nitrogen and oxygen atoms in total. The van der Waals surface area contributed by atoms with E-state index in [0.29, 0.717) is 0 Å². The van der Waals surface area contributed by atoms with Gasteiger partial charge in [0.25, 0.3) is 0 Å². The van der Waals surface area contributed by atoms with Crippen molar-refractivity contribution in [3.63, 3.8) is 0 Å². The Bertz CT molecular complexity index is 203. The summed E-state index contributed by atoms with van der Waals surface area (Å²) in [5, 5.41) is 0. The monoisotopic (exact) mass is 169 g/mol. The van der Waals surface area contributed by atoms with Gasteiger partial charge < -0.3 is 4.74 Å². The number of carbonyl (C=O) groups excluding carboxylic acids is 1. The second-order valence-corrected chi connectivity index (χ2v) is 2.74. The minimum Gasteiger partial charge on any atom is -0.467 e. The fourth-order valence-electron chi connectivity index (χ4n) is 0.553. The van der Waals surface area contributed by atoms with Gasteiger partial charge in [-0.3, -0.25) is 4.99 Å². The van der Waals surface area contributed by atoms with Crippen LogP contribution in [0.2, 0.25) is 0 Å². The summed E-state index contributed by atoms with van der Waals surface area (Å²) in [5.74, 6) is -0.312. The van der Waals surface area contributed by atoms with E-state index < -0.39 is 6.04 Å². The molecule has 1 atom stereocenters.